The second-order valence-corrected chi connectivity index (χ2v) is 18.8. The Morgan fingerprint density at radius 2 is 0.967 bits per heavy atom. The third kappa shape index (κ3) is 25.1. The summed E-state index contributed by atoms with van der Waals surface area (Å²) in [7, 11) is 0. The van der Waals surface area contributed by atoms with Gasteiger partial charge in [-0.3, -0.25) is 9.59 Å². The van der Waals surface area contributed by atoms with E-state index in [4.69, 9.17) is 4.74 Å². The maximum atomic E-state index is 12.1. The van der Waals surface area contributed by atoms with Crippen molar-refractivity contribution < 1.29 is 19.1 Å². The molecule has 0 aliphatic heterocycles. The zero-order valence-electron chi connectivity index (χ0n) is 40.3. The number of carbonyl (C=O) groups is 3. The monoisotopic (exact) mass is 823 g/mol. The van der Waals surface area contributed by atoms with Crippen molar-refractivity contribution in [2.24, 2.45) is 10.8 Å². The molecule has 0 bridgehead atoms. The van der Waals surface area contributed by atoms with E-state index in [9.17, 15) is 14.4 Å². The van der Waals surface area contributed by atoms with Gasteiger partial charge in [0.05, 0.1) is 0 Å². The fraction of sp³-hybridized carbons (Fsp3) is 0.589. The van der Waals surface area contributed by atoms with Gasteiger partial charge in [-0.1, -0.05) is 195 Å². The van der Waals surface area contributed by atoms with Crippen LogP contribution in [0.25, 0.3) is 0 Å². The largest absolute Gasteiger partial charge is 0.390 e. The highest BCUT2D eigenvalue weighted by Gasteiger charge is 2.27. The van der Waals surface area contributed by atoms with Gasteiger partial charge < -0.3 is 4.74 Å². The summed E-state index contributed by atoms with van der Waals surface area (Å²) in [6.45, 7) is 24.0. The molecule has 0 fully saturated rings. The molecule has 0 aromatic heterocycles. The van der Waals surface area contributed by atoms with Gasteiger partial charge in [-0.15, -0.1) is 0 Å². The van der Waals surface area contributed by atoms with E-state index in [-0.39, 0.29) is 10.8 Å². The minimum atomic E-state index is -0.584. The van der Waals surface area contributed by atoms with Crippen LogP contribution in [-0.4, -0.2) is 18.2 Å². The number of allylic oxidation sites excluding steroid dienone is 19. The van der Waals surface area contributed by atoms with Crippen molar-refractivity contribution in [3.8, 4) is 0 Å². The molecular formula is C56H86O4. The number of unbranched alkanes of at least 4 members (excludes halogenated alkanes) is 12. The van der Waals surface area contributed by atoms with E-state index in [2.05, 4.69) is 92.7 Å². The molecule has 334 valence electrons. The molecule has 4 heteroatoms. The molecule has 0 saturated heterocycles. The summed E-state index contributed by atoms with van der Waals surface area (Å²) in [5, 5.41) is 0. The van der Waals surface area contributed by atoms with Gasteiger partial charge in [0.15, 0.2) is 0 Å². The molecule has 60 heavy (non-hydrogen) atoms. The Balaban J connectivity index is 0.000000719. The summed E-state index contributed by atoms with van der Waals surface area (Å²) in [6.07, 6.45) is 48.7. The summed E-state index contributed by atoms with van der Waals surface area (Å²) in [5.41, 5.74) is 10.6. The van der Waals surface area contributed by atoms with Crippen LogP contribution >= 0.6 is 0 Å². The standard InChI is InChI=1S/C36H58O3.C20H28O/c1-7-8-9-10-11-12-13-14-15-16-17-18-19-25-34(37)39-35(38)29-31(3)23-20-22-30(2)26-27-33-32(4)24-21-28-36(33,5)6;1-16(8-6-9-17(2)13-15-21)11-12-19-18(3)10-7-14-20(19,4)5/h20,22-23,26-27,29H,7-19,21,24-25,28H2,1-6H3;6,8-9,11-13,15H,7,10,14H2,1-5H3/b23-20+,27-26+,30-22+,31-29+;9-6+,12-11+,16-8+,17-13+. The zero-order chi connectivity index (χ0) is 44.8. The summed E-state index contributed by atoms with van der Waals surface area (Å²) >= 11 is 0. The minimum Gasteiger partial charge on any atom is -0.390 e. The SMILES string of the molecule is CC1=C(/C=C/C(C)=C/C=C/C(C)=C/C=O)C(C)(C)CCC1.CCCCCCCCCCCCCCCC(=O)OC(=O)/C=C(C)/C=C/C=C(C)/C=C/C1=C(C)CCCC1(C)C. The van der Waals surface area contributed by atoms with Crippen LogP contribution < -0.4 is 0 Å². The Kier molecular flexibility index (Phi) is 28.1. The van der Waals surface area contributed by atoms with Gasteiger partial charge in [-0.25, -0.2) is 4.79 Å². The van der Waals surface area contributed by atoms with Crippen LogP contribution in [0, 0.1) is 10.8 Å². The van der Waals surface area contributed by atoms with Gasteiger partial charge in [0, 0.05) is 12.5 Å². The van der Waals surface area contributed by atoms with Crippen molar-refractivity contribution in [3.05, 3.63) is 117 Å². The number of ether oxygens (including phenoxy) is 1. The lowest BCUT2D eigenvalue weighted by Crippen LogP contribution is -2.19. The first-order chi connectivity index (χ1) is 28.5. The second kappa shape index (κ2) is 31.1. The van der Waals surface area contributed by atoms with Crippen LogP contribution in [0.1, 0.15) is 205 Å². The average molecular weight is 823 g/mol. The first-order valence-electron chi connectivity index (χ1n) is 23.5. The molecule has 0 saturated carbocycles. The lowest BCUT2D eigenvalue weighted by molar-refractivity contribution is -0.156. The molecule has 0 aromatic carbocycles. The van der Waals surface area contributed by atoms with Crippen LogP contribution in [0.4, 0.5) is 0 Å². The summed E-state index contributed by atoms with van der Waals surface area (Å²) in [4.78, 5) is 34.4. The van der Waals surface area contributed by atoms with Crippen molar-refractivity contribution in [2.45, 2.75) is 205 Å². The molecule has 0 unspecified atom stereocenters. The van der Waals surface area contributed by atoms with Gasteiger partial charge in [0.25, 0.3) is 0 Å². The predicted octanol–water partition coefficient (Wildman–Crippen LogP) is 16.8. The Morgan fingerprint density at radius 3 is 1.38 bits per heavy atom. The number of aldehydes is 1. The quantitative estimate of drug-likeness (QED) is 0.0243. The normalized spacial score (nSPS) is 17.9. The Bertz CT molecular complexity index is 1640. The highest BCUT2D eigenvalue weighted by Crippen LogP contribution is 2.41. The third-order valence-corrected chi connectivity index (χ3v) is 11.9. The number of rotatable bonds is 24. The summed E-state index contributed by atoms with van der Waals surface area (Å²) in [5.74, 6) is -1.01. The maximum absolute atomic E-state index is 12.1. The molecular weight excluding hydrogens is 737 g/mol. The molecule has 0 spiro atoms. The predicted molar refractivity (Wildman–Crippen MR) is 260 cm³/mol. The Morgan fingerprint density at radius 1 is 0.567 bits per heavy atom. The molecule has 0 aromatic rings. The Hall–Kier alpha value is -3.79. The van der Waals surface area contributed by atoms with E-state index in [1.807, 2.05) is 44.2 Å². The van der Waals surface area contributed by atoms with E-state index in [1.165, 1.54) is 137 Å². The topological polar surface area (TPSA) is 60.4 Å². The Labute approximate surface area is 369 Å². The molecule has 2 rings (SSSR count). The minimum absolute atomic E-state index is 0.235. The average Bonchev–Trinajstić information content (AvgIpc) is 3.16. The highest BCUT2D eigenvalue weighted by molar-refractivity contribution is 5.92. The second-order valence-electron chi connectivity index (χ2n) is 18.8. The number of esters is 2. The van der Waals surface area contributed by atoms with E-state index in [0.29, 0.717) is 6.42 Å². The molecule has 0 radical (unpaired) electrons. The van der Waals surface area contributed by atoms with E-state index in [1.54, 1.807) is 6.08 Å². The van der Waals surface area contributed by atoms with Crippen molar-refractivity contribution in [1.82, 2.24) is 0 Å². The number of hydrogen-bond acceptors (Lipinski definition) is 4. The molecule has 0 atom stereocenters. The zero-order valence-corrected chi connectivity index (χ0v) is 40.3. The van der Waals surface area contributed by atoms with Gasteiger partial charge in [0.2, 0.25) is 0 Å². The third-order valence-electron chi connectivity index (χ3n) is 11.9. The fourth-order valence-corrected chi connectivity index (χ4v) is 8.14. The van der Waals surface area contributed by atoms with Gasteiger partial charge >= 0.3 is 11.9 Å². The lowest BCUT2D eigenvalue weighted by atomic mass is 9.72. The summed E-state index contributed by atoms with van der Waals surface area (Å²) in [6, 6.07) is 0. The fourth-order valence-electron chi connectivity index (χ4n) is 8.14. The first-order valence-corrected chi connectivity index (χ1v) is 23.5. The molecule has 0 amide bonds. The lowest BCUT2D eigenvalue weighted by Gasteiger charge is -2.33. The van der Waals surface area contributed by atoms with E-state index >= 15 is 0 Å². The maximum Gasteiger partial charge on any atom is 0.338 e. The van der Waals surface area contributed by atoms with Crippen LogP contribution in [0.3, 0.4) is 0 Å². The van der Waals surface area contributed by atoms with E-state index < -0.39 is 11.9 Å². The molecule has 2 aliphatic carbocycles. The van der Waals surface area contributed by atoms with Crippen molar-refractivity contribution in [1.29, 1.82) is 0 Å². The van der Waals surface area contributed by atoms with Gasteiger partial charge in [-0.2, -0.15) is 0 Å². The van der Waals surface area contributed by atoms with Crippen LogP contribution in [0.5, 0.6) is 0 Å². The molecule has 0 heterocycles. The number of carbonyl (C=O) groups excluding carboxylic acids is 3. The van der Waals surface area contributed by atoms with Crippen LogP contribution in [-0.2, 0) is 19.1 Å². The molecule has 0 N–H and O–H groups in total. The van der Waals surface area contributed by atoms with E-state index in [0.717, 1.165) is 42.3 Å². The van der Waals surface area contributed by atoms with Crippen molar-refractivity contribution in [3.63, 3.8) is 0 Å². The number of hydrogen-bond donors (Lipinski definition) is 0. The summed E-state index contributed by atoms with van der Waals surface area (Å²) < 4.78 is 4.97. The molecule has 4 nitrogen and oxygen atoms in total. The highest BCUT2D eigenvalue weighted by atomic mass is 16.6. The molecule has 2 aliphatic rings. The van der Waals surface area contributed by atoms with Crippen LogP contribution in [0.15, 0.2) is 117 Å². The van der Waals surface area contributed by atoms with Gasteiger partial charge in [0.1, 0.15) is 6.29 Å². The van der Waals surface area contributed by atoms with Crippen molar-refractivity contribution >= 4 is 18.2 Å². The smallest absolute Gasteiger partial charge is 0.338 e. The van der Waals surface area contributed by atoms with Crippen molar-refractivity contribution in [2.75, 3.05) is 0 Å². The first kappa shape index (κ1) is 54.2. The van der Waals surface area contributed by atoms with Gasteiger partial charge in [-0.05, 0) is 126 Å². The van der Waals surface area contributed by atoms with Crippen LogP contribution in [0.2, 0.25) is 0 Å².